The maximum absolute atomic E-state index is 13.2. The number of thioether (sulfide) groups is 1. The van der Waals surface area contributed by atoms with Crippen molar-refractivity contribution >= 4 is 17.7 Å². The number of unbranched alkanes of at least 4 members (excludes halogenated alkanes) is 3. The summed E-state index contributed by atoms with van der Waals surface area (Å²) in [6, 6.07) is 21.1. The average molecular weight is 455 g/mol. The van der Waals surface area contributed by atoms with Crippen molar-refractivity contribution in [2.75, 3.05) is 25.4 Å². The van der Waals surface area contributed by atoms with Crippen LogP contribution < -0.4 is 5.32 Å². The lowest BCUT2D eigenvalue weighted by Gasteiger charge is -2.31. The van der Waals surface area contributed by atoms with Crippen molar-refractivity contribution in [1.82, 2.24) is 10.2 Å². The highest BCUT2D eigenvalue weighted by atomic mass is 32.2. The molecule has 32 heavy (non-hydrogen) atoms. The molecule has 2 aromatic carbocycles. The van der Waals surface area contributed by atoms with Gasteiger partial charge in [-0.1, -0.05) is 81.6 Å². The molecule has 3 nitrogen and oxygen atoms in total. The van der Waals surface area contributed by atoms with Crippen LogP contribution in [0.4, 0.5) is 0 Å². The van der Waals surface area contributed by atoms with Crippen LogP contribution in [0.2, 0.25) is 0 Å². The highest BCUT2D eigenvalue weighted by Gasteiger charge is 2.25. The molecule has 0 heterocycles. The summed E-state index contributed by atoms with van der Waals surface area (Å²) >= 11 is 1.91. The number of hydrogen-bond donors (Lipinski definition) is 1. The Labute approximate surface area is 200 Å². The highest BCUT2D eigenvalue weighted by Crippen LogP contribution is 2.19. The third-order valence-electron chi connectivity index (χ3n) is 5.77. The fourth-order valence-corrected chi connectivity index (χ4v) is 4.75. The Kier molecular flexibility index (Phi) is 13.9. The Morgan fingerprint density at radius 2 is 1.53 bits per heavy atom. The summed E-state index contributed by atoms with van der Waals surface area (Å²) in [7, 11) is 0. The van der Waals surface area contributed by atoms with E-state index in [9.17, 15) is 4.79 Å². The van der Waals surface area contributed by atoms with Gasteiger partial charge in [-0.25, -0.2) is 0 Å². The SMILES string of the molecule is CCCCCNC(=O)C(CCc1ccccc1)N(CCCC)CCCSc1ccccc1. The van der Waals surface area contributed by atoms with Gasteiger partial charge in [-0.05, 0) is 68.6 Å². The second-order valence-corrected chi connectivity index (χ2v) is 9.61. The van der Waals surface area contributed by atoms with E-state index in [2.05, 4.69) is 84.7 Å². The lowest BCUT2D eigenvalue weighted by atomic mass is 10.0. The monoisotopic (exact) mass is 454 g/mol. The molecule has 2 aromatic rings. The smallest absolute Gasteiger partial charge is 0.237 e. The molecule has 1 N–H and O–H groups in total. The van der Waals surface area contributed by atoms with Gasteiger partial charge in [0, 0.05) is 11.4 Å². The topological polar surface area (TPSA) is 32.3 Å². The maximum atomic E-state index is 13.2. The predicted molar refractivity (Wildman–Crippen MR) is 139 cm³/mol. The number of nitrogens with zero attached hydrogens (tertiary/aromatic N) is 1. The maximum Gasteiger partial charge on any atom is 0.237 e. The first-order valence-corrected chi connectivity index (χ1v) is 13.5. The number of amides is 1. The van der Waals surface area contributed by atoms with E-state index >= 15 is 0 Å². The van der Waals surface area contributed by atoms with Crippen LogP contribution in [0.15, 0.2) is 65.6 Å². The van der Waals surface area contributed by atoms with Crippen molar-refractivity contribution < 1.29 is 4.79 Å². The second kappa shape index (κ2) is 16.8. The quantitative estimate of drug-likeness (QED) is 0.216. The van der Waals surface area contributed by atoms with Crippen molar-refractivity contribution in [3.63, 3.8) is 0 Å². The number of benzene rings is 2. The van der Waals surface area contributed by atoms with E-state index in [0.717, 1.165) is 63.9 Å². The largest absolute Gasteiger partial charge is 0.355 e. The molecule has 1 unspecified atom stereocenters. The van der Waals surface area contributed by atoms with Gasteiger partial charge >= 0.3 is 0 Å². The van der Waals surface area contributed by atoms with Gasteiger partial charge in [0.1, 0.15) is 0 Å². The van der Waals surface area contributed by atoms with Crippen LogP contribution in [0.1, 0.15) is 64.4 Å². The minimum atomic E-state index is -0.0508. The van der Waals surface area contributed by atoms with Gasteiger partial charge in [-0.15, -0.1) is 11.8 Å². The van der Waals surface area contributed by atoms with E-state index < -0.39 is 0 Å². The Bertz CT molecular complexity index is 723. The fourth-order valence-electron chi connectivity index (χ4n) is 3.89. The van der Waals surface area contributed by atoms with E-state index in [1.807, 2.05) is 11.8 Å². The first-order valence-electron chi connectivity index (χ1n) is 12.5. The molecule has 0 bridgehead atoms. The molecule has 176 valence electrons. The Hall–Kier alpha value is -1.78. The van der Waals surface area contributed by atoms with Crippen molar-refractivity contribution in [3.8, 4) is 0 Å². The van der Waals surface area contributed by atoms with Gasteiger partial charge in [0.25, 0.3) is 0 Å². The molecule has 0 fully saturated rings. The van der Waals surface area contributed by atoms with Crippen molar-refractivity contribution in [3.05, 3.63) is 66.2 Å². The summed E-state index contributed by atoms with van der Waals surface area (Å²) in [4.78, 5) is 17.0. The molecule has 4 heteroatoms. The van der Waals surface area contributed by atoms with Crippen molar-refractivity contribution in [2.45, 2.75) is 76.2 Å². The number of hydrogen-bond acceptors (Lipinski definition) is 3. The minimum absolute atomic E-state index is 0.0508. The Balaban J connectivity index is 1.97. The molecule has 1 atom stereocenters. The van der Waals surface area contributed by atoms with Crippen LogP contribution in [-0.2, 0) is 11.2 Å². The van der Waals surface area contributed by atoms with Crippen LogP contribution in [0.3, 0.4) is 0 Å². The van der Waals surface area contributed by atoms with Gasteiger partial charge in [-0.2, -0.15) is 0 Å². The first-order chi connectivity index (χ1) is 15.7. The van der Waals surface area contributed by atoms with E-state index in [1.165, 1.54) is 23.3 Å². The average Bonchev–Trinajstić information content (AvgIpc) is 2.83. The molecule has 0 aliphatic rings. The lowest BCUT2D eigenvalue weighted by Crippen LogP contribution is -2.48. The molecule has 0 saturated carbocycles. The molecule has 0 aromatic heterocycles. The molecule has 0 aliphatic heterocycles. The summed E-state index contributed by atoms with van der Waals surface area (Å²) in [6.45, 7) is 7.19. The zero-order valence-corrected chi connectivity index (χ0v) is 20.9. The zero-order valence-electron chi connectivity index (χ0n) is 20.1. The molecule has 0 radical (unpaired) electrons. The standard InChI is InChI=1S/C28H42N2OS/c1-3-5-13-21-29-28(31)27(20-19-25-15-9-7-10-16-25)30(22-6-4-2)23-14-24-32-26-17-11-8-12-18-26/h7-12,15-18,27H,3-6,13-14,19-24H2,1-2H3,(H,29,31). The number of carbonyl (C=O) groups is 1. The molecule has 2 rings (SSSR count). The first kappa shape index (κ1) is 26.5. The van der Waals surface area contributed by atoms with E-state index in [-0.39, 0.29) is 11.9 Å². The van der Waals surface area contributed by atoms with Crippen molar-refractivity contribution in [1.29, 1.82) is 0 Å². The molecular weight excluding hydrogens is 412 g/mol. The Morgan fingerprint density at radius 1 is 0.875 bits per heavy atom. The molecule has 0 spiro atoms. The van der Waals surface area contributed by atoms with Crippen LogP contribution >= 0.6 is 11.8 Å². The zero-order chi connectivity index (χ0) is 22.9. The molecule has 1 amide bonds. The van der Waals surface area contributed by atoms with Crippen LogP contribution in [0, 0.1) is 0 Å². The summed E-state index contributed by atoms with van der Waals surface area (Å²) in [5.41, 5.74) is 1.31. The van der Waals surface area contributed by atoms with Crippen molar-refractivity contribution in [2.24, 2.45) is 0 Å². The van der Waals surface area contributed by atoms with Crippen LogP contribution in [0.25, 0.3) is 0 Å². The van der Waals surface area contributed by atoms with Gasteiger partial charge in [-0.3, -0.25) is 9.69 Å². The molecule has 0 saturated heterocycles. The third kappa shape index (κ3) is 10.7. The molecule has 0 aliphatic carbocycles. The van der Waals surface area contributed by atoms with E-state index in [1.54, 1.807) is 0 Å². The third-order valence-corrected chi connectivity index (χ3v) is 6.87. The van der Waals surface area contributed by atoms with Crippen LogP contribution in [-0.4, -0.2) is 42.2 Å². The summed E-state index contributed by atoms with van der Waals surface area (Å²) in [5, 5.41) is 3.24. The van der Waals surface area contributed by atoms with Crippen LogP contribution in [0.5, 0.6) is 0 Å². The second-order valence-electron chi connectivity index (χ2n) is 8.44. The predicted octanol–water partition coefficient (Wildman–Crippen LogP) is 6.58. The fraction of sp³-hybridized carbons (Fsp3) is 0.536. The van der Waals surface area contributed by atoms with Gasteiger partial charge in [0.05, 0.1) is 6.04 Å². The highest BCUT2D eigenvalue weighted by molar-refractivity contribution is 7.99. The molecular formula is C28H42N2OS. The Morgan fingerprint density at radius 3 is 2.22 bits per heavy atom. The number of nitrogens with one attached hydrogen (secondary N) is 1. The van der Waals surface area contributed by atoms with Gasteiger partial charge in [0.2, 0.25) is 5.91 Å². The van der Waals surface area contributed by atoms with E-state index in [4.69, 9.17) is 0 Å². The summed E-state index contributed by atoms with van der Waals surface area (Å²) < 4.78 is 0. The van der Waals surface area contributed by atoms with E-state index in [0.29, 0.717) is 0 Å². The normalized spacial score (nSPS) is 12.1. The number of rotatable bonds is 17. The number of aryl methyl sites for hydroxylation is 1. The van der Waals surface area contributed by atoms with Gasteiger partial charge < -0.3 is 5.32 Å². The number of carbonyl (C=O) groups excluding carboxylic acids is 1. The van der Waals surface area contributed by atoms with Gasteiger partial charge in [0.15, 0.2) is 0 Å². The summed E-state index contributed by atoms with van der Waals surface area (Å²) in [6.07, 6.45) is 8.61. The lowest BCUT2D eigenvalue weighted by molar-refractivity contribution is -0.126. The minimum Gasteiger partial charge on any atom is -0.355 e. The summed E-state index contributed by atoms with van der Waals surface area (Å²) in [5.74, 6) is 1.29.